The molecule has 0 fully saturated rings. The smallest absolute Gasteiger partial charge is 0.330 e. The molecule has 1 rings (SSSR count). The maximum atomic E-state index is 12.4. The van der Waals surface area contributed by atoms with E-state index in [2.05, 4.69) is 0 Å². The summed E-state index contributed by atoms with van der Waals surface area (Å²) in [7, 11) is -3.20. The number of benzene rings is 1. The normalized spacial score (nSPS) is 12.5. The molecule has 0 spiro atoms. The highest BCUT2D eigenvalue weighted by Crippen LogP contribution is 2.48. The van der Waals surface area contributed by atoms with E-state index >= 15 is 0 Å². The van der Waals surface area contributed by atoms with Crippen LogP contribution in [0.3, 0.4) is 0 Å². The molecule has 7 nitrogen and oxygen atoms in total. The van der Waals surface area contributed by atoms with E-state index in [4.69, 9.17) is 13.8 Å². The summed E-state index contributed by atoms with van der Waals surface area (Å²) in [5.74, 6) is -2.54. The predicted molar refractivity (Wildman–Crippen MR) is 96.9 cm³/mol. The Balaban J connectivity index is 2.46. The van der Waals surface area contributed by atoms with Crippen molar-refractivity contribution in [1.82, 2.24) is 0 Å². The van der Waals surface area contributed by atoms with Crippen LogP contribution < -0.4 is 0 Å². The second kappa shape index (κ2) is 11.8. The number of aliphatic carboxylic acids is 1. The lowest BCUT2D eigenvalue weighted by Crippen LogP contribution is -2.20. The van der Waals surface area contributed by atoms with Crippen molar-refractivity contribution in [3.63, 3.8) is 0 Å². The number of carboxylic acids is 1. The van der Waals surface area contributed by atoms with Gasteiger partial charge in [0.05, 0.1) is 31.7 Å². The fourth-order valence-corrected chi connectivity index (χ4v) is 4.09. The first kappa shape index (κ1) is 22.4. The number of hydrogen-bond donors (Lipinski definition) is 1. The molecular formula is C18H27O7P. The molecule has 146 valence electrons. The van der Waals surface area contributed by atoms with E-state index in [0.717, 1.165) is 5.56 Å². The summed E-state index contributed by atoms with van der Waals surface area (Å²) in [6.07, 6.45) is 0.410. The molecule has 0 heterocycles. The molecule has 0 saturated carbocycles. The van der Waals surface area contributed by atoms with Crippen LogP contribution in [0.4, 0.5) is 0 Å². The van der Waals surface area contributed by atoms with E-state index in [1.54, 1.807) is 13.8 Å². The Kier molecular flexibility index (Phi) is 10.2. The number of hydrogen-bond acceptors (Lipinski definition) is 6. The van der Waals surface area contributed by atoms with Gasteiger partial charge in [0.1, 0.15) is 6.61 Å². The van der Waals surface area contributed by atoms with Crippen molar-refractivity contribution in [2.75, 3.05) is 19.4 Å². The Bertz CT molecular complexity index is 593. The maximum absolute atomic E-state index is 12.4. The summed E-state index contributed by atoms with van der Waals surface area (Å²) in [5.41, 5.74) is 0.835. The topological polar surface area (TPSA) is 99.1 Å². The van der Waals surface area contributed by atoms with Crippen molar-refractivity contribution in [2.24, 2.45) is 5.92 Å². The summed E-state index contributed by atoms with van der Waals surface area (Å²) < 4.78 is 27.8. The molecule has 8 heteroatoms. The highest BCUT2D eigenvalue weighted by atomic mass is 31.2. The van der Waals surface area contributed by atoms with Gasteiger partial charge in [-0.05, 0) is 32.3 Å². The number of rotatable bonds is 13. The van der Waals surface area contributed by atoms with Crippen LogP contribution in [0.1, 0.15) is 38.7 Å². The SMILES string of the molecule is CCOP(=O)(CCCC(CC(=O)OCc1ccccc1)C(=O)O)OCC. The Labute approximate surface area is 154 Å². The third kappa shape index (κ3) is 8.61. The molecule has 26 heavy (non-hydrogen) atoms. The van der Waals surface area contributed by atoms with Gasteiger partial charge in [-0.2, -0.15) is 0 Å². The zero-order valence-corrected chi connectivity index (χ0v) is 16.2. The Morgan fingerprint density at radius 1 is 1.12 bits per heavy atom. The van der Waals surface area contributed by atoms with Gasteiger partial charge < -0.3 is 18.9 Å². The zero-order valence-electron chi connectivity index (χ0n) is 15.3. The summed E-state index contributed by atoms with van der Waals surface area (Å²) in [6.45, 7) is 4.05. The zero-order chi connectivity index (χ0) is 19.4. The van der Waals surface area contributed by atoms with E-state index in [1.165, 1.54) is 0 Å². The first-order valence-corrected chi connectivity index (χ1v) is 10.4. The molecule has 0 aliphatic heterocycles. The first-order valence-electron chi connectivity index (χ1n) is 8.70. The average Bonchev–Trinajstić information content (AvgIpc) is 2.60. The largest absolute Gasteiger partial charge is 0.481 e. The molecule has 1 aromatic rings. The number of carboxylic acid groups (broad SMARTS) is 1. The predicted octanol–water partition coefficient (Wildman–Crippen LogP) is 3.87. The molecule has 0 aliphatic carbocycles. The summed E-state index contributed by atoms with van der Waals surface area (Å²) in [5, 5.41) is 9.30. The Hall–Kier alpha value is -1.69. The van der Waals surface area contributed by atoms with Gasteiger partial charge in [-0.1, -0.05) is 30.3 Å². The molecular weight excluding hydrogens is 359 g/mol. The van der Waals surface area contributed by atoms with Gasteiger partial charge >= 0.3 is 19.5 Å². The molecule has 0 aliphatic rings. The fraction of sp³-hybridized carbons (Fsp3) is 0.556. The minimum atomic E-state index is -3.20. The molecule has 1 atom stereocenters. The van der Waals surface area contributed by atoms with E-state index in [-0.39, 0.29) is 38.8 Å². The summed E-state index contributed by atoms with van der Waals surface area (Å²) >= 11 is 0. The van der Waals surface area contributed by atoms with Crippen LogP contribution in [0.2, 0.25) is 0 Å². The van der Waals surface area contributed by atoms with Crippen LogP contribution >= 0.6 is 7.60 Å². The van der Waals surface area contributed by atoms with Crippen molar-refractivity contribution < 1.29 is 33.0 Å². The first-order chi connectivity index (χ1) is 12.4. The van der Waals surface area contributed by atoms with Gasteiger partial charge in [0.2, 0.25) is 0 Å². The lowest BCUT2D eigenvalue weighted by atomic mass is 10.0. The van der Waals surface area contributed by atoms with Gasteiger partial charge in [-0.15, -0.1) is 0 Å². The van der Waals surface area contributed by atoms with Gasteiger partial charge in [0.15, 0.2) is 0 Å². The molecule has 1 aromatic carbocycles. The molecule has 0 bridgehead atoms. The minimum Gasteiger partial charge on any atom is -0.481 e. The molecule has 1 N–H and O–H groups in total. The van der Waals surface area contributed by atoms with Crippen molar-refractivity contribution in [3.8, 4) is 0 Å². The van der Waals surface area contributed by atoms with Crippen LogP contribution in [0, 0.1) is 5.92 Å². The van der Waals surface area contributed by atoms with Gasteiger partial charge in [0, 0.05) is 0 Å². The number of carbonyl (C=O) groups is 2. The second-order valence-electron chi connectivity index (χ2n) is 5.70. The fourth-order valence-electron chi connectivity index (χ4n) is 2.40. The van der Waals surface area contributed by atoms with Crippen molar-refractivity contribution in [2.45, 2.75) is 39.7 Å². The van der Waals surface area contributed by atoms with E-state index in [9.17, 15) is 19.3 Å². The third-order valence-electron chi connectivity index (χ3n) is 3.64. The molecule has 1 unspecified atom stereocenters. The van der Waals surface area contributed by atoms with E-state index in [0.29, 0.717) is 6.42 Å². The molecule has 0 radical (unpaired) electrons. The lowest BCUT2D eigenvalue weighted by molar-refractivity contribution is -0.152. The van der Waals surface area contributed by atoms with Crippen LogP contribution in [0.15, 0.2) is 30.3 Å². The number of carbonyl (C=O) groups excluding carboxylic acids is 1. The highest BCUT2D eigenvalue weighted by Gasteiger charge is 2.26. The number of ether oxygens (including phenoxy) is 1. The van der Waals surface area contributed by atoms with Crippen molar-refractivity contribution >= 4 is 19.5 Å². The van der Waals surface area contributed by atoms with E-state index in [1.807, 2.05) is 30.3 Å². The van der Waals surface area contributed by atoms with Crippen LogP contribution in [-0.2, 0) is 34.5 Å². The highest BCUT2D eigenvalue weighted by molar-refractivity contribution is 7.53. The monoisotopic (exact) mass is 386 g/mol. The second-order valence-corrected chi connectivity index (χ2v) is 7.88. The molecule has 0 amide bonds. The number of esters is 1. The minimum absolute atomic E-state index is 0.107. The standard InChI is InChI=1S/C18H27O7P/c1-3-24-26(22,25-4-2)12-8-11-16(18(20)21)13-17(19)23-14-15-9-6-5-7-10-15/h5-7,9-10,16H,3-4,8,11-14H2,1-2H3,(H,20,21). The van der Waals surface area contributed by atoms with Gasteiger partial charge in [-0.25, -0.2) is 0 Å². The molecule has 0 aromatic heterocycles. The molecule has 0 saturated heterocycles. The quantitative estimate of drug-likeness (QED) is 0.406. The van der Waals surface area contributed by atoms with Crippen LogP contribution in [-0.4, -0.2) is 36.4 Å². The lowest BCUT2D eigenvalue weighted by Gasteiger charge is -2.18. The van der Waals surface area contributed by atoms with Crippen molar-refractivity contribution in [3.05, 3.63) is 35.9 Å². The summed E-state index contributed by atoms with van der Waals surface area (Å²) in [4.78, 5) is 23.3. The van der Waals surface area contributed by atoms with Gasteiger partial charge in [0.25, 0.3) is 0 Å². The summed E-state index contributed by atoms with van der Waals surface area (Å²) in [6, 6.07) is 9.16. The Morgan fingerprint density at radius 2 is 1.73 bits per heavy atom. The van der Waals surface area contributed by atoms with Crippen molar-refractivity contribution in [1.29, 1.82) is 0 Å². The van der Waals surface area contributed by atoms with Gasteiger partial charge in [-0.3, -0.25) is 14.2 Å². The van der Waals surface area contributed by atoms with E-state index < -0.39 is 25.5 Å². The van der Waals surface area contributed by atoms with Crippen LogP contribution in [0.25, 0.3) is 0 Å². The third-order valence-corrected chi connectivity index (χ3v) is 5.81. The van der Waals surface area contributed by atoms with Crippen LogP contribution in [0.5, 0.6) is 0 Å². The average molecular weight is 386 g/mol. The maximum Gasteiger partial charge on any atom is 0.330 e. The Morgan fingerprint density at radius 3 is 2.27 bits per heavy atom.